The smallest absolute Gasteiger partial charge is 0.318 e. The molecule has 4 N–H and O–H groups in total. The highest BCUT2D eigenvalue weighted by Gasteiger charge is 2.49. The summed E-state index contributed by atoms with van der Waals surface area (Å²) < 4.78 is 17.1. The molecule has 1 aromatic carbocycles. The molecule has 4 heterocycles. The van der Waals surface area contributed by atoms with Crippen molar-refractivity contribution < 1.29 is 28.7 Å². The summed E-state index contributed by atoms with van der Waals surface area (Å²) in [6.07, 6.45) is 1.66. The molecule has 1 aliphatic rings. The van der Waals surface area contributed by atoms with Crippen LogP contribution in [0.1, 0.15) is 6.92 Å². The molecule has 36 heavy (non-hydrogen) atoms. The Morgan fingerprint density at radius 3 is 2.94 bits per heavy atom. The summed E-state index contributed by atoms with van der Waals surface area (Å²) >= 11 is 0. The second kappa shape index (κ2) is 8.90. The third kappa shape index (κ3) is 4.08. The lowest BCUT2D eigenvalue weighted by Gasteiger charge is -2.37. The number of ether oxygens (including phenoxy) is 2. The Kier molecular flexibility index (Phi) is 5.74. The number of nitrogens with one attached hydrogen (secondary N) is 1. The molecular weight excluding hydrogens is 472 g/mol. The van der Waals surface area contributed by atoms with Crippen molar-refractivity contribution in [2.24, 2.45) is 0 Å². The molecule has 0 radical (unpaired) electrons. The number of nitrogens with two attached hydrogens (primary N) is 1. The van der Waals surface area contributed by atoms with Crippen molar-refractivity contribution in [2.75, 3.05) is 36.2 Å². The van der Waals surface area contributed by atoms with Crippen LogP contribution in [0.3, 0.4) is 0 Å². The topological polar surface area (TPSA) is 184 Å². The molecule has 14 nitrogen and oxygen atoms in total. The standard InChI is InChI=1S/C22H22N8O6/c1-22(33,20(32)25-12-3-4-13-14(11-12)36-28-18(13)23)17-19(31)29(9-10-35-17)16-6-8-30(27-16)15-5-7-24-21(26-15)34-2/h3-8,11,17,33H,9-10H2,1-2H3,(H2,23,28)(H,25,32)/t17-,22+/m0/s1. The van der Waals surface area contributed by atoms with E-state index < -0.39 is 23.5 Å². The highest BCUT2D eigenvalue weighted by atomic mass is 16.5. The number of morpholine rings is 1. The average molecular weight is 494 g/mol. The second-order valence-corrected chi connectivity index (χ2v) is 8.14. The largest absolute Gasteiger partial charge is 0.467 e. The number of aliphatic hydroxyl groups is 1. The van der Waals surface area contributed by atoms with Gasteiger partial charge in [0.15, 0.2) is 34.7 Å². The number of carbonyl (C=O) groups excluding carboxylic acids is 2. The van der Waals surface area contributed by atoms with Crippen molar-refractivity contribution in [1.29, 1.82) is 0 Å². The number of rotatable bonds is 6. The molecule has 186 valence electrons. The Morgan fingerprint density at radius 1 is 1.31 bits per heavy atom. The third-order valence-corrected chi connectivity index (χ3v) is 5.71. The maximum atomic E-state index is 13.3. The van der Waals surface area contributed by atoms with Crippen molar-refractivity contribution in [3.05, 3.63) is 42.7 Å². The summed E-state index contributed by atoms with van der Waals surface area (Å²) in [5.41, 5.74) is 4.19. The minimum absolute atomic E-state index is 0.0807. The van der Waals surface area contributed by atoms with Gasteiger partial charge in [-0.15, -0.1) is 5.10 Å². The number of nitrogens with zero attached hydrogens (tertiary/aromatic N) is 6. The molecule has 3 aromatic heterocycles. The van der Waals surface area contributed by atoms with E-state index in [1.165, 1.54) is 35.9 Å². The molecule has 1 saturated heterocycles. The quantitative estimate of drug-likeness (QED) is 0.339. The first-order valence-electron chi connectivity index (χ1n) is 10.8. The van der Waals surface area contributed by atoms with E-state index in [-0.39, 0.29) is 25.0 Å². The first kappa shape index (κ1) is 23.2. The number of hydrogen-bond acceptors (Lipinski definition) is 11. The van der Waals surface area contributed by atoms with E-state index in [0.717, 1.165) is 0 Å². The third-order valence-electron chi connectivity index (χ3n) is 5.71. The number of aromatic nitrogens is 5. The number of carbonyl (C=O) groups is 2. The summed E-state index contributed by atoms with van der Waals surface area (Å²) in [5, 5.41) is 22.3. The van der Waals surface area contributed by atoms with Crippen LogP contribution >= 0.6 is 0 Å². The van der Waals surface area contributed by atoms with E-state index in [4.69, 9.17) is 19.7 Å². The minimum atomic E-state index is -2.20. The molecule has 0 saturated carbocycles. The van der Waals surface area contributed by atoms with Crippen LogP contribution in [0.25, 0.3) is 16.8 Å². The van der Waals surface area contributed by atoms with Crippen LogP contribution in [0.5, 0.6) is 6.01 Å². The highest BCUT2D eigenvalue weighted by Crippen LogP contribution is 2.27. The average Bonchev–Trinajstić information content (AvgIpc) is 3.51. The zero-order valence-corrected chi connectivity index (χ0v) is 19.3. The van der Waals surface area contributed by atoms with E-state index in [0.29, 0.717) is 28.3 Å². The predicted octanol–water partition coefficient (Wildman–Crippen LogP) is 0.516. The van der Waals surface area contributed by atoms with Crippen molar-refractivity contribution in [3.8, 4) is 11.8 Å². The Labute approximate surface area is 203 Å². The lowest BCUT2D eigenvalue weighted by Crippen LogP contribution is -2.61. The van der Waals surface area contributed by atoms with Gasteiger partial charge in [0.2, 0.25) is 0 Å². The summed E-state index contributed by atoms with van der Waals surface area (Å²) in [6.45, 7) is 1.48. The number of fused-ring (bicyclic) bond motifs is 1. The summed E-state index contributed by atoms with van der Waals surface area (Å²) in [4.78, 5) is 35.8. The molecule has 1 aliphatic heterocycles. The van der Waals surface area contributed by atoms with Crippen molar-refractivity contribution in [3.63, 3.8) is 0 Å². The number of nitrogen functional groups attached to an aromatic ring is 1. The van der Waals surface area contributed by atoms with Gasteiger partial charge >= 0.3 is 6.01 Å². The van der Waals surface area contributed by atoms with Crippen molar-refractivity contribution in [2.45, 2.75) is 18.6 Å². The van der Waals surface area contributed by atoms with Gasteiger partial charge in [-0.2, -0.15) is 4.98 Å². The van der Waals surface area contributed by atoms with Crippen molar-refractivity contribution in [1.82, 2.24) is 24.9 Å². The normalized spacial score (nSPS) is 17.7. The van der Waals surface area contributed by atoms with Crippen LogP contribution in [0.4, 0.5) is 17.3 Å². The van der Waals surface area contributed by atoms with Crippen LogP contribution < -0.4 is 20.7 Å². The van der Waals surface area contributed by atoms with E-state index in [1.54, 1.807) is 30.5 Å². The minimum Gasteiger partial charge on any atom is -0.467 e. The van der Waals surface area contributed by atoms with Gasteiger partial charge in [-0.1, -0.05) is 5.16 Å². The second-order valence-electron chi connectivity index (χ2n) is 8.14. The maximum Gasteiger partial charge on any atom is 0.318 e. The molecule has 4 aromatic rings. The Morgan fingerprint density at radius 2 is 2.14 bits per heavy atom. The molecular formula is C22H22N8O6. The Balaban J connectivity index is 1.33. The Bertz CT molecular complexity index is 1450. The van der Waals surface area contributed by atoms with Gasteiger partial charge in [0.25, 0.3) is 11.8 Å². The predicted molar refractivity (Wildman–Crippen MR) is 125 cm³/mol. The van der Waals surface area contributed by atoms with E-state index >= 15 is 0 Å². The molecule has 0 aliphatic carbocycles. The van der Waals surface area contributed by atoms with Crippen LogP contribution in [0.2, 0.25) is 0 Å². The zero-order chi connectivity index (χ0) is 25.4. The first-order valence-corrected chi connectivity index (χ1v) is 10.8. The fourth-order valence-corrected chi connectivity index (χ4v) is 3.77. The fraction of sp³-hybridized carbons (Fsp3) is 0.273. The summed E-state index contributed by atoms with van der Waals surface area (Å²) in [6, 6.07) is 8.12. The number of anilines is 3. The number of amides is 2. The molecule has 0 bridgehead atoms. The lowest BCUT2D eigenvalue weighted by atomic mass is 9.95. The molecule has 2 atom stereocenters. The maximum absolute atomic E-state index is 13.3. The molecule has 14 heteroatoms. The fourth-order valence-electron chi connectivity index (χ4n) is 3.77. The monoisotopic (exact) mass is 494 g/mol. The number of benzene rings is 1. The van der Waals surface area contributed by atoms with Gasteiger partial charge in [0, 0.05) is 36.3 Å². The van der Waals surface area contributed by atoms with Gasteiger partial charge in [-0.3, -0.25) is 14.5 Å². The van der Waals surface area contributed by atoms with E-state index in [2.05, 4.69) is 25.5 Å². The zero-order valence-electron chi connectivity index (χ0n) is 19.3. The van der Waals surface area contributed by atoms with Gasteiger partial charge in [-0.25, -0.2) is 9.67 Å². The van der Waals surface area contributed by atoms with Crippen LogP contribution in [-0.4, -0.2) is 73.8 Å². The van der Waals surface area contributed by atoms with Gasteiger partial charge in [0.1, 0.15) is 0 Å². The lowest BCUT2D eigenvalue weighted by molar-refractivity contribution is -0.165. The first-order chi connectivity index (χ1) is 17.3. The number of hydrogen-bond donors (Lipinski definition) is 3. The molecule has 2 amide bonds. The van der Waals surface area contributed by atoms with E-state index in [9.17, 15) is 14.7 Å². The van der Waals surface area contributed by atoms with Crippen LogP contribution in [-0.2, 0) is 14.3 Å². The molecule has 0 spiro atoms. The summed E-state index contributed by atoms with van der Waals surface area (Å²) in [7, 11) is 1.45. The van der Waals surface area contributed by atoms with E-state index in [1.807, 2.05) is 0 Å². The Hall–Kier alpha value is -4.56. The van der Waals surface area contributed by atoms with Gasteiger partial charge < -0.3 is 30.2 Å². The highest BCUT2D eigenvalue weighted by molar-refractivity contribution is 6.06. The summed E-state index contributed by atoms with van der Waals surface area (Å²) in [5.74, 6) is -0.506. The van der Waals surface area contributed by atoms with Crippen LogP contribution in [0.15, 0.2) is 47.2 Å². The van der Waals surface area contributed by atoms with Crippen molar-refractivity contribution >= 4 is 40.1 Å². The molecule has 0 unspecified atom stereocenters. The van der Waals surface area contributed by atoms with Gasteiger partial charge in [0.05, 0.1) is 25.6 Å². The molecule has 5 rings (SSSR count). The number of methoxy groups -OCH3 is 1. The molecule has 1 fully saturated rings. The van der Waals surface area contributed by atoms with Gasteiger partial charge in [-0.05, 0) is 19.1 Å². The SMILES string of the molecule is COc1nccc(-n2ccc(N3CCO[C@H]([C@@](C)(O)C(=O)Nc4ccc5c(N)noc5c4)C3=O)n2)n1. The van der Waals surface area contributed by atoms with Crippen LogP contribution in [0, 0.1) is 0 Å².